The molecule has 3 aromatic rings. The fourth-order valence-corrected chi connectivity index (χ4v) is 2.47. The third-order valence-corrected chi connectivity index (χ3v) is 3.68. The lowest BCUT2D eigenvalue weighted by molar-refractivity contribution is -0.123. The van der Waals surface area contributed by atoms with Crippen molar-refractivity contribution in [3.05, 3.63) is 64.3 Å². The van der Waals surface area contributed by atoms with E-state index in [2.05, 4.69) is 10.3 Å². The van der Waals surface area contributed by atoms with Crippen LogP contribution in [-0.2, 0) is 11.2 Å². The van der Waals surface area contributed by atoms with Crippen molar-refractivity contribution in [2.75, 3.05) is 13.2 Å². The zero-order chi connectivity index (χ0) is 16.9. The summed E-state index contributed by atoms with van der Waals surface area (Å²) in [4.78, 5) is 26.6. The van der Waals surface area contributed by atoms with Crippen molar-refractivity contribution < 1.29 is 13.9 Å². The third kappa shape index (κ3) is 3.65. The highest BCUT2D eigenvalue weighted by Crippen LogP contribution is 2.17. The van der Waals surface area contributed by atoms with Gasteiger partial charge in [0.15, 0.2) is 6.61 Å². The zero-order valence-corrected chi connectivity index (χ0v) is 13.3. The molecule has 1 aromatic carbocycles. The van der Waals surface area contributed by atoms with E-state index in [9.17, 15) is 9.59 Å². The van der Waals surface area contributed by atoms with Crippen molar-refractivity contribution in [3.63, 3.8) is 0 Å². The van der Waals surface area contributed by atoms with Gasteiger partial charge in [-0.1, -0.05) is 18.2 Å². The average molecular weight is 326 g/mol. The summed E-state index contributed by atoms with van der Waals surface area (Å²) >= 11 is 0. The standard InChI is InChI=1S/C18H18N2O4/c1-12-8-16(21)17(10-23-12)24-11-18(22)19-7-6-13-9-20-15-5-3-2-4-14(13)15/h2-5,8-10,20H,6-7,11H2,1H3,(H,19,22). The van der Waals surface area contributed by atoms with Crippen molar-refractivity contribution in [2.24, 2.45) is 0 Å². The normalized spacial score (nSPS) is 10.7. The number of hydrogen-bond donors (Lipinski definition) is 2. The summed E-state index contributed by atoms with van der Waals surface area (Å²) in [6.45, 7) is 1.94. The first-order chi connectivity index (χ1) is 11.6. The molecule has 3 rings (SSSR count). The number of carbonyl (C=O) groups excluding carboxylic acids is 1. The van der Waals surface area contributed by atoms with Gasteiger partial charge in [0.05, 0.1) is 0 Å². The molecule has 0 atom stereocenters. The highest BCUT2D eigenvalue weighted by atomic mass is 16.5. The van der Waals surface area contributed by atoms with E-state index in [1.807, 2.05) is 30.5 Å². The minimum Gasteiger partial charge on any atom is -0.477 e. The molecule has 2 N–H and O–H groups in total. The first kappa shape index (κ1) is 15.9. The number of carbonyl (C=O) groups is 1. The molecule has 6 nitrogen and oxygen atoms in total. The van der Waals surface area contributed by atoms with Gasteiger partial charge in [-0.15, -0.1) is 0 Å². The molecular weight excluding hydrogens is 308 g/mol. The van der Waals surface area contributed by atoms with E-state index in [-0.39, 0.29) is 23.7 Å². The van der Waals surface area contributed by atoms with Crippen LogP contribution in [0.2, 0.25) is 0 Å². The molecule has 0 aliphatic carbocycles. The number of aromatic nitrogens is 1. The van der Waals surface area contributed by atoms with E-state index < -0.39 is 0 Å². The maximum atomic E-state index is 11.8. The molecule has 0 saturated heterocycles. The number of H-pyrrole nitrogens is 1. The number of hydrogen-bond acceptors (Lipinski definition) is 4. The lowest BCUT2D eigenvalue weighted by Crippen LogP contribution is -2.31. The number of aryl methyl sites for hydroxylation is 1. The van der Waals surface area contributed by atoms with Crippen LogP contribution >= 0.6 is 0 Å². The Morgan fingerprint density at radius 2 is 2.17 bits per heavy atom. The van der Waals surface area contributed by atoms with Gasteiger partial charge in [0, 0.05) is 29.7 Å². The number of nitrogens with one attached hydrogen (secondary N) is 2. The van der Waals surface area contributed by atoms with E-state index in [1.165, 1.54) is 12.3 Å². The van der Waals surface area contributed by atoms with Crippen LogP contribution < -0.4 is 15.5 Å². The predicted molar refractivity (Wildman–Crippen MR) is 90.2 cm³/mol. The molecule has 0 fully saturated rings. The highest BCUT2D eigenvalue weighted by Gasteiger charge is 2.07. The summed E-state index contributed by atoms with van der Waals surface area (Å²) in [5.74, 6) is 0.248. The summed E-state index contributed by atoms with van der Waals surface area (Å²) in [5.41, 5.74) is 1.92. The molecule has 6 heteroatoms. The minimum absolute atomic E-state index is 0.0346. The molecule has 0 spiro atoms. The fraction of sp³-hybridized carbons (Fsp3) is 0.222. The van der Waals surface area contributed by atoms with Gasteiger partial charge in [-0.2, -0.15) is 0 Å². The Morgan fingerprint density at radius 3 is 3.00 bits per heavy atom. The SMILES string of the molecule is Cc1cc(=O)c(OCC(=O)NCCc2c[nH]c3ccccc23)co1. The Labute approximate surface area is 138 Å². The first-order valence-electron chi connectivity index (χ1n) is 7.67. The van der Waals surface area contributed by atoms with E-state index in [0.717, 1.165) is 16.5 Å². The maximum Gasteiger partial charge on any atom is 0.257 e. The Morgan fingerprint density at radius 1 is 1.33 bits per heavy atom. The van der Waals surface area contributed by atoms with Gasteiger partial charge in [-0.25, -0.2) is 0 Å². The van der Waals surface area contributed by atoms with Gasteiger partial charge in [0.25, 0.3) is 5.91 Å². The summed E-state index contributed by atoms with van der Waals surface area (Å²) in [6, 6.07) is 9.34. The molecular formula is C18H18N2O4. The van der Waals surface area contributed by atoms with Gasteiger partial charge in [0.1, 0.15) is 12.0 Å². The van der Waals surface area contributed by atoms with Crippen LogP contribution in [0.15, 0.2) is 52.0 Å². The molecule has 0 aliphatic heterocycles. The molecule has 0 saturated carbocycles. The van der Waals surface area contributed by atoms with E-state index >= 15 is 0 Å². The van der Waals surface area contributed by atoms with E-state index in [4.69, 9.17) is 9.15 Å². The van der Waals surface area contributed by atoms with Crippen molar-refractivity contribution in [1.29, 1.82) is 0 Å². The van der Waals surface area contributed by atoms with Gasteiger partial charge < -0.3 is 19.5 Å². The largest absolute Gasteiger partial charge is 0.477 e. The van der Waals surface area contributed by atoms with Gasteiger partial charge >= 0.3 is 0 Å². The zero-order valence-electron chi connectivity index (χ0n) is 13.3. The van der Waals surface area contributed by atoms with Crippen molar-refractivity contribution >= 4 is 16.8 Å². The van der Waals surface area contributed by atoms with E-state index in [0.29, 0.717) is 18.7 Å². The molecule has 124 valence electrons. The number of aromatic amines is 1. The molecule has 1 amide bonds. The third-order valence-electron chi connectivity index (χ3n) is 3.68. The summed E-state index contributed by atoms with van der Waals surface area (Å²) < 4.78 is 10.3. The van der Waals surface area contributed by atoms with Crippen LogP contribution in [0.3, 0.4) is 0 Å². The number of benzene rings is 1. The topological polar surface area (TPSA) is 84.3 Å². The van der Waals surface area contributed by atoms with Crippen LogP contribution in [0, 0.1) is 6.92 Å². The molecule has 24 heavy (non-hydrogen) atoms. The molecule has 2 aromatic heterocycles. The molecule has 0 unspecified atom stereocenters. The highest BCUT2D eigenvalue weighted by molar-refractivity contribution is 5.83. The van der Waals surface area contributed by atoms with Crippen molar-refractivity contribution in [3.8, 4) is 5.75 Å². The first-order valence-corrected chi connectivity index (χ1v) is 7.67. The maximum absolute atomic E-state index is 11.8. The van der Waals surface area contributed by atoms with Gasteiger partial charge in [-0.3, -0.25) is 9.59 Å². The van der Waals surface area contributed by atoms with Crippen LogP contribution in [0.4, 0.5) is 0 Å². The lowest BCUT2D eigenvalue weighted by Gasteiger charge is -2.06. The lowest BCUT2D eigenvalue weighted by atomic mass is 10.1. The molecule has 0 aliphatic rings. The second-order valence-electron chi connectivity index (χ2n) is 5.47. The smallest absolute Gasteiger partial charge is 0.257 e. The van der Waals surface area contributed by atoms with Crippen LogP contribution in [0.25, 0.3) is 10.9 Å². The molecule has 0 bridgehead atoms. The van der Waals surface area contributed by atoms with Crippen LogP contribution in [0.1, 0.15) is 11.3 Å². The Hall–Kier alpha value is -3.02. The monoisotopic (exact) mass is 326 g/mol. The van der Waals surface area contributed by atoms with Crippen molar-refractivity contribution in [1.82, 2.24) is 10.3 Å². The fourth-order valence-electron chi connectivity index (χ4n) is 2.47. The Balaban J connectivity index is 1.48. The number of rotatable bonds is 6. The second-order valence-corrected chi connectivity index (χ2v) is 5.47. The number of fused-ring (bicyclic) bond motifs is 1. The van der Waals surface area contributed by atoms with Crippen LogP contribution in [-0.4, -0.2) is 24.0 Å². The molecule has 0 radical (unpaired) electrons. The number of para-hydroxylation sites is 1. The number of ether oxygens (including phenoxy) is 1. The average Bonchev–Trinajstić information content (AvgIpc) is 2.97. The minimum atomic E-state index is -0.301. The Kier molecular flexibility index (Phi) is 4.65. The van der Waals surface area contributed by atoms with Gasteiger partial charge in [-0.05, 0) is 25.0 Å². The number of amides is 1. The Bertz CT molecular complexity index is 911. The summed E-state index contributed by atoms with van der Waals surface area (Å²) in [5, 5.41) is 3.93. The van der Waals surface area contributed by atoms with Gasteiger partial charge in [0.2, 0.25) is 11.2 Å². The second kappa shape index (κ2) is 7.04. The summed E-state index contributed by atoms with van der Waals surface area (Å²) in [7, 11) is 0. The summed E-state index contributed by atoms with van der Waals surface area (Å²) in [6.07, 6.45) is 3.88. The van der Waals surface area contributed by atoms with E-state index in [1.54, 1.807) is 6.92 Å². The predicted octanol–water partition coefficient (Wildman–Crippen LogP) is 2.17. The molecule has 2 heterocycles. The van der Waals surface area contributed by atoms with Crippen molar-refractivity contribution in [2.45, 2.75) is 13.3 Å². The quantitative estimate of drug-likeness (QED) is 0.727. The van der Waals surface area contributed by atoms with Crippen LogP contribution in [0.5, 0.6) is 5.75 Å².